The Morgan fingerprint density at radius 2 is 2.05 bits per heavy atom. The molecule has 19 heavy (non-hydrogen) atoms. The molecule has 0 heterocycles. The van der Waals surface area contributed by atoms with Crippen molar-refractivity contribution in [2.24, 2.45) is 0 Å². The maximum Gasteiger partial charge on any atom is 0.226 e. The molecule has 0 radical (unpaired) electrons. The van der Waals surface area contributed by atoms with E-state index in [1.165, 1.54) is 6.92 Å². The zero-order valence-electron chi connectivity index (χ0n) is 11.5. The molecule has 1 N–H and O–H groups in total. The first-order valence-electron chi connectivity index (χ1n) is 6.26. The number of rotatable bonds is 6. The van der Waals surface area contributed by atoms with Gasteiger partial charge < -0.3 is 10.2 Å². The van der Waals surface area contributed by atoms with E-state index in [0.29, 0.717) is 13.1 Å². The molecule has 4 nitrogen and oxygen atoms in total. The normalized spacial score (nSPS) is 9.79. The first-order chi connectivity index (χ1) is 9.04. The molecular weight excluding hydrogens is 240 g/mol. The molecule has 0 saturated carbocycles. The summed E-state index contributed by atoms with van der Waals surface area (Å²) in [6.45, 7) is 7.89. The topological polar surface area (TPSA) is 49.4 Å². The third-order valence-corrected chi connectivity index (χ3v) is 2.82. The Labute approximate surface area is 114 Å². The second-order valence-corrected chi connectivity index (χ2v) is 4.37. The number of carbonyl (C=O) groups excluding carboxylic acids is 2. The van der Waals surface area contributed by atoms with Crippen LogP contribution in [0.2, 0.25) is 0 Å². The van der Waals surface area contributed by atoms with E-state index >= 15 is 0 Å². The molecular formula is C15H20N2O2. The molecule has 1 rings (SSSR count). The van der Waals surface area contributed by atoms with Crippen molar-refractivity contribution < 1.29 is 9.59 Å². The van der Waals surface area contributed by atoms with Crippen LogP contribution >= 0.6 is 0 Å². The van der Waals surface area contributed by atoms with Crippen molar-refractivity contribution in [3.8, 4) is 0 Å². The second kappa shape index (κ2) is 7.36. The number of aryl methyl sites for hydroxylation is 1. The molecule has 0 aliphatic carbocycles. The van der Waals surface area contributed by atoms with E-state index in [2.05, 4.69) is 11.9 Å². The lowest BCUT2D eigenvalue weighted by atomic mass is 10.2. The standard InChI is InChI=1S/C15H20N2O2/c1-4-10-17(13(3)18)11-9-15(19)16-14-8-6-5-7-12(14)2/h4-8H,1,9-11H2,2-3H3,(H,16,19). The van der Waals surface area contributed by atoms with Crippen molar-refractivity contribution in [3.05, 3.63) is 42.5 Å². The fraction of sp³-hybridized carbons (Fsp3) is 0.333. The summed E-state index contributed by atoms with van der Waals surface area (Å²) in [6, 6.07) is 7.60. The summed E-state index contributed by atoms with van der Waals surface area (Å²) in [6.07, 6.45) is 1.93. The Morgan fingerprint density at radius 3 is 2.63 bits per heavy atom. The van der Waals surface area contributed by atoms with Gasteiger partial charge in [0.2, 0.25) is 11.8 Å². The lowest BCUT2D eigenvalue weighted by molar-refractivity contribution is -0.128. The maximum absolute atomic E-state index is 11.8. The molecule has 102 valence electrons. The fourth-order valence-corrected chi connectivity index (χ4v) is 1.70. The van der Waals surface area contributed by atoms with E-state index in [-0.39, 0.29) is 18.2 Å². The SMILES string of the molecule is C=CCN(CCC(=O)Nc1ccccc1C)C(C)=O. The number of para-hydroxylation sites is 1. The van der Waals surface area contributed by atoms with Crippen LogP contribution in [0.4, 0.5) is 5.69 Å². The fourth-order valence-electron chi connectivity index (χ4n) is 1.70. The van der Waals surface area contributed by atoms with Gasteiger partial charge in [0, 0.05) is 32.1 Å². The Kier molecular flexibility index (Phi) is 5.79. The molecule has 0 aliphatic heterocycles. The van der Waals surface area contributed by atoms with E-state index in [1.807, 2.05) is 31.2 Å². The summed E-state index contributed by atoms with van der Waals surface area (Å²) in [5.74, 6) is -0.145. The van der Waals surface area contributed by atoms with E-state index in [0.717, 1.165) is 11.3 Å². The molecule has 0 saturated heterocycles. The van der Waals surface area contributed by atoms with Crippen molar-refractivity contribution >= 4 is 17.5 Å². The van der Waals surface area contributed by atoms with Gasteiger partial charge in [-0.05, 0) is 18.6 Å². The number of hydrogen-bond acceptors (Lipinski definition) is 2. The van der Waals surface area contributed by atoms with Crippen molar-refractivity contribution in [2.45, 2.75) is 20.3 Å². The van der Waals surface area contributed by atoms with Gasteiger partial charge in [0.1, 0.15) is 0 Å². The largest absolute Gasteiger partial charge is 0.339 e. The van der Waals surface area contributed by atoms with Crippen LogP contribution in [0.25, 0.3) is 0 Å². The van der Waals surface area contributed by atoms with Crippen molar-refractivity contribution in [2.75, 3.05) is 18.4 Å². The molecule has 0 aromatic heterocycles. The maximum atomic E-state index is 11.8. The molecule has 0 fully saturated rings. The summed E-state index contributed by atoms with van der Waals surface area (Å²) in [5, 5.41) is 2.84. The highest BCUT2D eigenvalue weighted by Crippen LogP contribution is 2.13. The molecule has 1 aromatic rings. The summed E-state index contributed by atoms with van der Waals surface area (Å²) in [7, 11) is 0. The van der Waals surface area contributed by atoms with Crippen molar-refractivity contribution in [1.82, 2.24) is 4.90 Å². The highest BCUT2D eigenvalue weighted by molar-refractivity contribution is 5.91. The summed E-state index contributed by atoms with van der Waals surface area (Å²) in [4.78, 5) is 24.7. The van der Waals surface area contributed by atoms with Crippen LogP contribution in [0.3, 0.4) is 0 Å². The minimum atomic E-state index is -0.0930. The molecule has 1 aromatic carbocycles. The average Bonchev–Trinajstić information content (AvgIpc) is 2.37. The molecule has 0 spiro atoms. The van der Waals surface area contributed by atoms with E-state index < -0.39 is 0 Å². The van der Waals surface area contributed by atoms with Crippen LogP contribution in [-0.4, -0.2) is 29.8 Å². The number of benzene rings is 1. The van der Waals surface area contributed by atoms with Crippen LogP contribution in [0.15, 0.2) is 36.9 Å². The number of nitrogens with one attached hydrogen (secondary N) is 1. The second-order valence-electron chi connectivity index (χ2n) is 4.37. The molecule has 0 aliphatic rings. The minimum absolute atomic E-state index is 0.0522. The summed E-state index contributed by atoms with van der Waals surface area (Å²) >= 11 is 0. The van der Waals surface area contributed by atoms with Gasteiger partial charge in [-0.1, -0.05) is 24.3 Å². The quantitative estimate of drug-likeness (QED) is 0.798. The molecule has 2 amide bonds. The molecule has 0 bridgehead atoms. The first kappa shape index (κ1) is 15.0. The van der Waals surface area contributed by atoms with E-state index in [1.54, 1.807) is 11.0 Å². The third kappa shape index (κ3) is 4.95. The Bertz CT molecular complexity index is 469. The summed E-state index contributed by atoms with van der Waals surface area (Å²) in [5.41, 5.74) is 1.83. The highest BCUT2D eigenvalue weighted by atomic mass is 16.2. The molecule has 0 atom stereocenters. The van der Waals surface area contributed by atoms with Gasteiger partial charge in [-0.25, -0.2) is 0 Å². The predicted octanol–water partition coefficient (Wildman–Crippen LogP) is 2.36. The van der Waals surface area contributed by atoms with Gasteiger partial charge in [-0.15, -0.1) is 6.58 Å². The Morgan fingerprint density at radius 1 is 1.37 bits per heavy atom. The zero-order chi connectivity index (χ0) is 14.3. The Balaban J connectivity index is 2.49. The van der Waals surface area contributed by atoms with Gasteiger partial charge in [0.25, 0.3) is 0 Å². The number of nitrogens with zero attached hydrogens (tertiary/aromatic N) is 1. The van der Waals surface area contributed by atoms with Gasteiger partial charge in [0.05, 0.1) is 0 Å². The number of carbonyl (C=O) groups is 2. The van der Waals surface area contributed by atoms with Crippen molar-refractivity contribution in [1.29, 1.82) is 0 Å². The number of anilines is 1. The molecule has 0 unspecified atom stereocenters. The van der Waals surface area contributed by atoms with Gasteiger partial charge in [0.15, 0.2) is 0 Å². The zero-order valence-corrected chi connectivity index (χ0v) is 11.5. The van der Waals surface area contributed by atoms with Crippen molar-refractivity contribution in [3.63, 3.8) is 0 Å². The van der Waals surface area contributed by atoms with Crippen LogP contribution in [0, 0.1) is 6.92 Å². The van der Waals surface area contributed by atoms with Crippen LogP contribution in [0.5, 0.6) is 0 Å². The minimum Gasteiger partial charge on any atom is -0.339 e. The van der Waals surface area contributed by atoms with Gasteiger partial charge in [-0.2, -0.15) is 0 Å². The molecule has 4 heteroatoms. The summed E-state index contributed by atoms with van der Waals surface area (Å²) < 4.78 is 0. The Hall–Kier alpha value is -2.10. The number of hydrogen-bond donors (Lipinski definition) is 1. The third-order valence-electron chi connectivity index (χ3n) is 2.82. The van der Waals surface area contributed by atoms with Crippen LogP contribution < -0.4 is 5.32 Å². The predicted molar refractivity (Wildman–Crippen MR) is 76.9 cm³/mol. The lowest BCUT2D eigenvalue weighted by Gasteiger charge is -2.18. The van der Waals surface area contributed by atoms with Crippen LogP contribution in [0.1, 0.15) is 18.9 Å². The monoisotopic (exact) mass is 260 g/mol. The van der Waals surface area contributed by atoms with Crippen LogP contribution in [-0.2, 0) is 9.59 Å². The van der Waals surface area contributed by atoms with Gasteiger partial charge in [-0.3, -0.25) is 9.59 Å². The average molecular weight is 260 g/mol. The highest BCUT2D eigenvalue weighted by Gasteiger charge is 2.10. The van der Waals surface area contributed by atoms with E-state index in [4.69, 9.17) is 0 Å². The lowest BCUT2D eigenvalue weighted by Crippen LogP contribution is -2.32. The van der Waals surface area contributed by atoms with Gasteiger partial charge >= 0.3 is 0 Å². The number of amides is 2. The van der Waals surface area contributed by atoms with E-state index in [9.17, 15) is 9.59 Å². The first-order valence-corrected chi connectivity index (χ1v) is 6.26. The smallest absolute Gasteiger partial charge is 0.226 e.